The Morgan fingerprint density at radius 1 is 1.26 bits per heavy atom. The highest BCUT2D eigenvalue weighted by molar-refractivity contribution is 6.35. The number of pyridine rings is 1. The molecule has 0 bridgehead atoms. The number of nitrogens with zero attached hydrogens (tertiary/aromatic N) is 2. The molecule has 1 N–H and O–H groups in total. The lowest BCUT2D eigenvalue weighted by Crippen LogP contribution is -2.01. The van der Waals surface area contributed by atoms with Crippen LogP contribution in [0, 0.1) is 18.3 Å². The predicted octanol–water partition coefficient (Wildman–Crippen LogP) is 4.18. The van der Waals surface area contributed by atoms with Crippen molar-refractivity contribution in [3.05, 3.63) is 57.3 Å². The number of nitriles is 1. The molecule has 0 fully saturated rings. The summed E-state index contributed by atoms with van der Waals surface area (Å²) in [5, 5.41) is 13.3. The molecule has 0 aliphatic rings. The van der Waals surface area contributed by atoms with E-state index in [9.17, 15) is 0 Å². The first-order valence-corrected chi connectivity index (χ1v) is 6.40. The number of halogens is 2. The minimum atomic E-state index is 0.396. The minimum Gasteiger partial charge on any atom is -0.380 e. The molecule has 0 spiro atoms. The van der Waals surface area contributed by atoms with Crippen LogP contribution in [0.25, 0.3) is 0 Å². The molecule has 0 saturated carbocycles. The smallest absolute Gasteiger partial charge is 0.140 e. The molecule has 5 heteroatoms. The van der Waals surface area contributed by atoms with E-state index >= 15 is 0 Å². The summed E-state index contributed by atoms with van der Waals surface area (Å²) in [7, 11) is 0. The molecule has 0 unspecified atom stereocenters. The highest BCUT2D eigenvalue weighted by atomic mass is 35.5. The Balaban J connectivity index is 2.14. The van der Waals surface area contributed by atoms with Crippen LogP contribution < -0.4 is 5.32 Å². The normalized spacial score (nSPS) is 10.0. The van der Waals surface area contributed by atoms with Gasteiger partial charge in [-0.2, -0.15) is 5.26 Å². The zero-order valence-electron chi connectivity index (χ0n) is 10.2. The third kappa shape index (κ3) is 3.37. The molecule has 19 heavy (non-hydrogen) atoms. The molecule has 2 aromatic rings. The predicted molar refractivity (Wildman–Crippen MR) is 77.5 cm³/mol. The van der Waals surface area contributed by atoms with Crippen LogP contribution in [0.2, 0.25) is 10.0 Å². The molecule has 96 valence electrons. The zero-order chi connectivity index (χ0) is 13.8. The van der Waals surface area contributed by atoms with Crippen LogP contribution in [0.4, 0.5) is 5.69 Å². The van der Waals surface area contributed by atoms with Gasteiger partial charge >= 0.3 is 0 Å². The molecule has 1 aromatic heterocycles. The standard InChI is InChI=1S/C14H11Cl2N3/c1-9-4-13(16)14(6-12(9)15)19-8-10-2-3-18-11(5-10)7-17/h2-6,19H,8H2,1H3. The number of anilines is 1. The van der Waals surface area contributed by atoms with Crippen molar-refractivity contribution in [3.8, 4) is 6.07 Å². The van der Waals surface area contributed by atoms with Gasteiger partial charge in [-0.3, -0.25) is 0 Å². The summed E-state index contributed by atoms with van der Waals surface area (Å²) < 4.78 is 0. The Kier molecular flexibility index (Phi) is 4.26. The Labute approximate surface area is 121 Å². The van der Waals surface area contributed by atoms with Gasteiger partial charge in [0.05, 0.1) is 10.7 Å². The van der Waals surface area contributed by atoms with Crippen molar-refractivity contribution >= 4 is 28.9 Å². The minimum absolute atomic E-state index is 0.396. The lowest BCUT2D eigenvalue weighted by Gasteiger charge is -2.10. The van der Waals surface area contributed by atoms with E-state index in [1.165, 1.54) is 0 Å². The van der Waals surface area contributed by atoms with Gasteiger partial charge in [0, 0.05) is 17.8 Å². The fourth-order valence-corrected chi connectivity index (χ4v) is 2.07. The molecule has 0 saturated heterocycles. The Hall–Kier alpha value is -1.76. The van der Waals surface area contributed by atoms with Gasteiger partial charge in [0.1, 0.15) is 11.8 Å². The second kappa shape index (κ2) is 5.92. The van der Waals surface area contributed by atoms with Crippen LogP contribution in [0.1, 0.15) is 16.8 Å². The van der Waals surface area contributed by atoms with E-state index in [0.29, 0.717) is 22.3 Å². The summed E-state index contributed by atoms with van der Waals surface area (Å²) >= 11 is 12.2. The van der Waals surface area contributed by atoms with Gasteiger partial charge in [-0.05, 0) is 42.3 Å². The van der Waals surface area contributed by atoms with Gasteiger partial charge in [-0.15, -0.1) is 0 Å². The number of rotatable bonds is 3. The largest absolute Gasteiger partial charge is 0.380 e. The van der Waals surface area contributed by atoms with E-state index in [1.54, 1.807) is 18.3 Å². The number of hydrogen-bond acceptors (Lipinski definition) is 3. The maximum Gasteiger partial charge on any atom is 0.140 e. The van der Waals surface area contributed by atoms with E-state index in [1.807, 2.05) is 25.1 Å². The van der Waals surface area contributed by atoms with E-state index < -0.39 is 0 Å². The molecule has 2 rings (SSSR count). The third-order valence-electron chi connectivity index (χ3n) is 2.67. The molecule has 0 radical (unpaired) electrons. The van der Waals surface area contributed by atoms with Crippen LogP contribution in [-0.2, 0) is 6.54 Å². The zero-order valence-corrected chi connectivity index (χ0v) is 11.8. The topological polar surface area (TPSA) is 48.7 Å². The first-order chi connectivity index (χ1) is 9.10. The molecule has 0 amide bonds. The van der Waals surface area contributed by atoms with Crippen molar-refractivity contribution < 1.29 is 0 Å². The van der Waals surface area contributed by atoms with Gasteiger partial charge < -0.3 is 5.32 Å². The van der Waals surface area contributed by atoms with Crippen LogP contribution >= 0.6 is 23.2 Å². The first kappa shape index (κ1) is 13.7. The summed E-state index contributed by atoms with van der Waals surface area (Å²) in [6.45, 7) is 2.45. The second-order valence-electron chi connectivity index (χ2n) is 4.10. The second-order valence-corrected chi connectivity index (χ2v) is 4.91. The van der Waals surface area contributed by atoms with Gasteiger partial charge in [0.15, 0.2) is 0 Å². The number of hydrogen-bond donors (Lipinski definition) is 1. The fourth-order valence-electron chi connectivity index (χ4n) is 1.62. The first-order valence-electron chi connectivity index (χ1n) is 5.64. The van der Waals surface area contributed by atoms with Crippen LogP contribution in [0.5, 0.6) is 0 Å². The molecule has 0 aliphatic heterocycles. The molecule has 3 nitrogen and oxygen atoms in total. The highest BCUT2D eigenvalue weighted by Gasteiger charge is 2.05. The summed E-state index contributed by atoms with van der Waals surface area (Å²) in [6, 6.07) is 9.20. The lowest BCUT2D eigenvalue weighted by atomic mass is 10.2. The quantitative estimate of drug-likeness (QED) is 0.923. The maximum atomic E-state index is 8.79. The molecule has 1 heterocycles. The summed E-state index contributed by atoms with van der Waals surface area (Å²) in [4.78, 5) is 3.92. The van der Waals surface area contributed by atoms with Crippen molar-refractivity contribution in [2.45, 2.75) is 13.5 Å². The fraction of sp³-hybridized carbons (Fsp3) is 0.143. The lowest BCUT2D eigenvalue weighted by molar-refractivity contribution is 1.11. The van der Waals surface area contributed by atoms with Crippen LogP contribution in [-0.4, -0.2) is 4.98 Å². The molecular formula is C14H11Cl2N3. The van der Waals surface area contributed by atoms with Crippen molar-refractivity contribution in [2.24, 2.45) is 0 Å². The van der Waals surface area contributed by atoms with Gasteiger partial charge in [-0.1, -0.05) is 23.2 Å². The summed E-state index contributed by atoms with van der Waals surface area (Å²) in [5.74, 6) is 0. The monoisotopic (exact) mass is 291 g/mol. The summed E-state index contributed by atoms with van der Waals surface area (Å²) in [6.07, 6.45) is 1.61. The van der Waals surface area contributed by atoms with E-state index in [2.05, 4.69) is 10.3 Å². The Morgan fingerprint density at radius 2 is 2.05 bits per heavy atom. The third-order valence-corrected chi connectivity index (χ3v) is 3.39. The number of nitrogens with one attached hydrogen (secondary N) is 1. The molecular weight excluding hydrogens is 281 g/mol. The summed E-state index contributed by atoms with van der Waals surface area (Å²) in [5.41, 5.74) is 3.06. The molecule has 0 aliphatic carbocycles. The SMILES string of the molecule is Cc1cc(Cl)c(NCc2ccnc(C#N)c2)cc1Cl. The van der Waals surface area contributed by atoms with Crippen LogP contribution in [0.3, 0.4) is 0 Å². The van der Waals surface area contributed by atoms with Crippen molar-refractivity contribution in [3.63, 3.8) is 0 Å². The van der Waals surface area contributed by atoms with E-state index in [0.717, 1.165) is 16.8 Å². The number of aromatic nitrogens is 1. The van der Waals surface area contributed by atoms with E-state index in [4.69, 9.17) is 28.5 Å². The Bertz CT molecular complexity index is 648. The van der Waals surface area contributed by atoms with E-state index in [-0.39, 0.29) is 0 Å². The van der Waals surface area contributed by atoms with Crippen molar-refractivity contribution in [2.75, 3.05) is 5.32 Å². The van der Waals surface area contributed by atoms with Crippen molar-refractivity contribution in [1.29, 1.82) is 5.26 Å². The molecule has 1 aromatic carbocycles. The van der Waals surface area contributed by atoms with Gasteiger partial charge in [0.2, 0.25) is 0 Å². The average Bonchev–Trinajstić information content (AvgIpc) is 2.41. The van der Waals surface area contributed by atoms with Crippen molar-refractivity contribution in [1.82, 2.24) is 4.98 Å². The van der Waals surface area contributed by atoms with Gasteiger partial charge in [0.25, 0.3) is 0 Å². The highest BCUT2D eigenvalue weighted by Crippen LogP contribution is 2.29. The average molecular weight is 292 g/mol. The Morgan fingerprint density at radius 3 is 2.79 bits per heavy atom. The van der Waals surface area contributed by atoms with Crippen LogP contribution in [0.15, 0.2) is 30.5 Å². The maximum absolute atomic E-state index is 8.79. The molecule has 0 atom stereocenters. The number of benzene rings is 1. The number of aryl methyl sites for hydroxylation is 1. The van der Waals surface area contributed by atoms with Gasteiger partial charge in [-0.25, -0.2) is 4.98 Å².